The number of carboxylic acid groups (broad SMARTS) is 1. The van der Waals surface area contributed by atoms with Gasteiger partial charge in [0, 0.05) is 12.4 Å². The number of aliphatic hydroxyl groups excluding tert-OH is 1. The summed E-state index contributed by atoms with van der Waals surface area (Å²) in [4.78, 5) is 22.2. The maximum absolute atomic E-state index is 11.6. The van der Waals surface area contributed by atoms with Crippen LogP contribution in [0.5, 0.6) is 0 Å². The third-order valence-corrected chi connectivity index (χ3v) is 2.47. The standard InChI is InChI=1S/C13H25NO5/c1-5-6-10(15)7-13(18)19-11(8-12(16)17)9-14(2,3)4/h10-11,15H,5-9H2,1-4H3/t10-,11-/m1/s1. The SMILES string of the molecule is CCC[C@@H](O)CC(=O)O[C@H](CC(=O)[O-])C[N+](C)(C)C. The summed E-state index contributed by atoms with van der Waals surface area (Å²) in [5, 5.41) is 20.2. The summed E-state index contributed by atoms with van der Waals surface area (Å²) < 4.78 is 5.59. The Morgan fingerprint density at radius 1 is 1.26 bits per heavy atom. The van der Waals surface area contributed by atoms with Crippen molar-refractivity contribution in [1.29, 1.82) is 0 Å². The lowest BCUT2D eigenvalue weighted by Gasteiger charge is -2.29. The summed E-state index contributed by atoms with van der Waals surface area (Å²) in [6.45, 7) is 2.29. The first kappa shape index (κ1) is 17.9. The van der Waals surface area contributed by atoms with Gasteiger partial charge in [-0.05, 0) is 6.42 Å². The number of hydrogen-bond donors (Lipinski definition) is 1. The Balaban J connectivity index is 4.38. The number of aliphatic carboxylic acids is 1. The summed E-state index contributed by atoms with van der Waals surface area (Å²) in [5.41, 5.74) is 0. The van der Waals surface area contributed by atoms with Crippen molar-refractivity contribution in [1.82, 2.24) is 0 Å². The van der Waals surface area contributed by atoms with Crippen molar-refractivity contribution < 1.29 is 29.0 Å². The number of rotatable bonds is 9. The molecule has 6 heteroatoms. The number of likely N-dealkylation sites (N-methyl/N-ethyl adjacent to an activating group) is 1. The molecule has 0 bridgehead atoms. The normalized spacial score (nSPS) is 14.8. The van der Waals surface area contributed by atoms with Crippen molar-refractivity contribution in [2.45, 2.75) is 44.8 Å². The molecule has 0 aromatic carbocycles. The van der Waals surface area contributed by atoms with E-state index in [1.54, 1.807) is 0 Å². The minimum absolute atomic E-state index is 0.103. The third kappa shape index (κ3) is 10.5. The molecule has 1 N–H and O–H groups in total. The Morgan fingerprint density at radius 2 is 1.84 bits per heavy atom. The summed E-state index contributed by atoms with van der Waals surface area (Å²) in [7, 11) is 5.63. The molecule has 6 nitrogen and oxygen atoms in total. The number of esters is 1. The van der Waals surface area contributed by atoms with Gasteiger partial charge in [-0.3, -0.25) is 4.79 Å². The highest BCUT2D eigenvalue weighted by molar-refractivity contribution is 5.71. The van der Waals surface area contributed by atoms with Crippen LogP contribution >= 0.6 is 0 Å². The summed E-state index contributed by atoms with van der Waals surface area (Å²) in [6, 6.07) is 0. The molecular weight excluding hydrogens is 250 g/mol. The van der Waals surface area contributed by atoms with Gasteiger partial charge in [-0.25, -0.2) is 0 Å². The topological polar surface area (TPSA) is 86.7 Å². The molecule has 19 heavy (non-hydrogen) atoms. The summed E-state index contributed by atoms with van der Waals surface area (Å²) >= 11 is 0. The van der Waals surface area contributed by atoms with Gasteiger partial charge in [0.15, 0.2) is 6.10 Å². The smallest absolute Gasteiger partial charge is 0.308 e. The Kier molecular flexibility index (Phi) is 7.63. The molecule has 0 aliphatic rings. The lowest BCUT2D eigenvalue weighted by atomic mass is 10.1. The van der Waals surface area contributed by atoms with Crippen LogP contribution in [0, 0.1) is 0 Å². The summed E-state index contributed by atoms with van der Waals surface area (Å²) in [6.07, 6.45) is -0.595. The summed E-state index contributed by atoms with van der Waals surface area (Å²) in [5.74, 6) is -1.82. The van der Waals surface area contributed by atoms with Gasteiger partial charge in [0.05, 0.1) is 33.7 Å². The van der Waals surface area contributed by atoms with Crippen LogP contribution in [0.2, 0.25) is 0 Å². The molecule has 0 saturated heterocycles. The van der Waals surface area contributed by atoms with Crippen LogP contribution in [-0.4, -0.2) is 61.4 Å². The third-order valence-electron chi connectivity index (χ3n) is 2.47. The largest absolute Gasteiger partial charge is 0.550 e. The fraction of sp³-hybridized carbons (Fsp3) is 0.846. The van der Waals surface area contributed by atoms with Crippen LogP contribution < -0.4 is 5.11 Å². The molecule has 0 rings (SSSR count). The van der Waals surface area contributed by atoms with Crippen LogP contribution in [0.4, 0.5) is 0 Å². The van der Waals surface area contributed by atoms with Crippen molar-refractivity contribution in [2.75, 3.05) is 27.7 Å². The second-order valence-electron chi connectivity index (χ2n) is 5.81. The van der Waals surface area contributed by atoms with E-state index in [4.69, 9.17) is 4.74 Å². The number of nitrogens with zero attached hydrogens (tertiary/aromatic N) is 1. The number of ether oxygens (including phenoxy) is 1. The van der Waals surface area contributed by atoms with Crippen LogP contribution in [0.15, 0.2) is 0 Å². The highest BCUT2D eigenvalue weighted by Crippen LogP contribution is 2.08. The predicted molar refractivity (Wildman–Crippen MR) is 67.9 cm³/mol. The number of hydrogen-bond acceptors (Lipinski definition) is 5. The van der Waals surface area contributed by atoms with Gasteiger partial charge in [0.25, 0.3) is 0 Å². The van der Waals surface area contributed by atoms with E-state index in [0.717, 1.165) is 6.42 Å². The molecule has 0 aliphatic heterocycles. The second-order valence-corrected chi connectivity index (χ2v) is 5.81. The van der Waals surface area contributed by atoms with Gasteiger partial charge in [-0.2, -0.15) is 0 Å². The Morgan fingerprint density at radius 3 is 2.26 bits per heavy atom. The van der Waals surface area contributed by atoms with Crippen molar-refractivity contribution in [2.24, 2.45) is 0 Å². The van der Waals surface area contributed by atoms with Crippen LogP contribution in [0.3, 0.4) is 0 Å². The van der Waals surface area contributed by atoms with E-state index in [1.165, 1.54) is 0 Å². The average molecular weight is 275 g/mol. The highest BCUT2D eigenvalue weighted by atomic mass is 16.5. The first-order chi connectivity index (χ1) is 8.64. The molecule has 0 heterocycles. The van der Waals surface area contributed by atoms with E-state index in [0.29, 0.717) is 17.4 Å². The van der Waals surface area contributed by atoms with Crippen molar-refractivity contribution in [3.8, 4) is 0 Å². The molecule has 0 amide bonds. The van der Waals surface area contributed by atoms with E-state index in [9.17, 15) is 19.8 Å². The molecule has 0 spiro atoms. The van der Waals surface area contributed by atoms with E-state index < -0.39 is 24.1 Å². The molecule has 0 aliphatic carbocycles. The van der Waals surface area contributed by atoms with Gasteiger partial charge in [0.1, 0.15) is 6.54 Å². The molecule has 0 radical (unpaired) electrons. The monoisotopic (exact) mass is 275 g/mol. The van der Waals surface area contributed by atoms with Crippen LogP contribution in [-0.2, 0) is 14.3 Å². The molecule has 0 unspecified atom stereocenters. The van der Waals surface area contributed by atoms with Gasteiger partial charge >= 0.3 is 5.97 Å². The molecular formula is C13H25NO5. The average Bonchev–Trinajstić information content (AvgIpc) is 2.12. The Bertz CT molecular complexity index is 298. The maximum atomic E-state index is 11.6. The quantitative estimate of drug-likeness (QED) is 0.444. The van der Waals surface area contributed by atoms with Gasteiger partial charge in [0.2, 0.25) is 0 Å². The zero-order valence-electron chi connectivity index (χ0n) is 12.2. The van der Waals surface area contributed by atoms with E-state index in [1.807, 2.05) is 28.1 Å². The molecule has 0 aromatic heterocycles. The molecule has 112 valence electrons. The fourth-order valence-electron chi connectivity index (χ4n) is 1.80. The van der Waals surface area contributed by atoms with Crippen LogP contribution in [0.1, 0.15) is 32.6 Å². The Hall–Kier alpha value is -1.14. The number of quaternary nitrogens is 1. The maximum Gasteiger partial charge on any atom is 0.308 e. The molecule has 0 aromatic rings. The zero-order chi connectivity index (χ0) is 15.1. The lowest BCUT2D eigenvalue weighted by Crippen LogP contribution is -2.45. The van der Waals surface area contributed by atoms with Crippen molar-refractivity contribution in [3.63, 3.8) is 0 Å². The lowest BCUT2D eigenvalue weighted by molar-refractivity contribution is -0.873. The van der Waals surface area contributed by atoms with E-state index in [2.05, 4.69) is 0 Å². The van der Waals surface area contributed by atoms with Gasteiger partial charge < -0.3 is 24.2 Å². The fourth-order valence-corrected chi connectivity index (χ4v) is 1.80. The number of aliphatic hydroxyl groups is 1. The first-order valence-corrected chi connectivity index (χ1v) is 6.52. The van der Waals surface area contributed by atoms with E-state index >= 15 is 0 Å². The van der Waals surface area contributed by atoms with Crippen molar-refractivity contribution >= 4 is 11.9 Å². The minimum Gasteiger partial charge on any atom is -0.550 e. The first-order valence-electron chi connectivity index (χ1n) is 6.52. The Labute approximate surface area is 114 Å². The van der Waals surface area contributed by atoms with Crippen molar-refractivity contribution in [3.05, 3.63) is 0 Å². The highest BCUT2D eigenvalue weighted by Gasteiger charge is 2.23. The number of carboxylic acids is 1. The number of carbonyl (C=O) groups is 2. The second kappa shape index (κ2) is 8.12. The molecule has 0 saturated carbocycles. The van der Waals surface area contributed by atoms with Gasteiger partial charge in [-0.1, -0.05) is 13.3 Å². The van der Waals surface area contributed by atoms with Crippen LogP contribution in [0.25, 0.3) is 0 Å². The zero-order valence-corrected chi connectivity index (χ0v) is 12.2. The minimum atomic E-state index is -1.25. The van der Waals surface area contributed by atoms with Gasteiger partial charge in [-0.15, -0.1) is 0 Å². The number of carbonyl (C=O) groups excluding carboxylic acids is 2. The predicted octanol–water partition coefficient (Wildman–Crippen LogP) is -0.704. The van der Waals surface area contributed by atoms with E-state index in [-0.39, 0.29) is 12.8 Å². The molecule has 0 fully saturated rings. The molecule has 2 atom stereocenters.